The number of aliphatic hydroxyl groups is 3. The van der Waals surface area contributed by atoms with Gasteiger partial charge in [-0.2, -0.15) is 0 Å². The van der Waals surface area contributed by atoms with Crippen molar-refractivity contribution in [3.8, 4) is 0 Å². The summed E-state index contributed by atoms with van der Waals surface area (Å²) in [5, 5.41) is 34.8. The Bertz CT molecular complexity index is 1150. The van der Waals surface area contributed by atoms with Crippen molar-refractivity contribution in [1.82, 2.24) is 9.97 Å². The predicted molar refractivity (Wildman–Crippen MR) is 146 cm³/mol. The fourth-order valence-electron chi connectivity index (χ4n) is 10.1. The highest BCUT2D eigenvalue weighted by atomic mass is 16.3. The molecule has 4 aliphatic carbocycles. The smallest absolute Gasteiger partial charge is 0.129 e. The third-order valence-electron chi connectivity index (χ3n) is 12.2. The van der Waals surface area contributed by atoms with E-state index in [-0.39, 0.29) is 35.1 Å². The molecule has 1 aromatic carbocycles. The molecule has 1 heterocycles. The summed E-state index contributed by atoms with van der Waals surface area (Å²) in [6.45, 7) is 9.18. The largest absolute Gasteiger partial charge is 0.393 e. The number of aliphatic hydroxyl groups excluding tert-OH is 3. The lowest BCUT2D eigenvalue weighted by Crippen LogP contribution is -2.62. The van der Waals surface area contributed by atoms with Crippen LogP contribution < -0.4 is 0 Å². The summed E-state index contributed by atoms with van der Waals surface area (Å²) in [5.41, 5.74) is 2.04. The minimum absolute atomic E-state index is 0.125. The molecule has 202 valence electrons. The molecule has 11 atom stereocenters. The molecule has 0 saturated heterocycles. The Hall–Kier alpha value is -1.56. The standard InChI is InChI=1S/C32H46N2O3/c1-18(9-12-29-33-19(2)22-7-5-6-8-26(22)34-29)23-10-11-24-30-25(17-28(37)32(23,24)4)31(3)14-13-21(35)15-20(31)16-27(30)36/h5-8,18,20-21,23-25,27-28,30,35-37H,9-17H2,1-4H3/t18-,20+,21-,23-,24+,25+,27-,28+,30+,31+,32-/m1/s1. The van der Waals surface area contributed by atoms with Crippen LogP contribution in [0.4, 0.5) is 0 Å². The van der Waals surface area contributed by atoms with Gasteiger partial charge in [0.1, 0.15) is 5.82 Å². The topological polar surface area (TPSA) is 86.5 Å². The minimum atomic E-state index is -0.331. The van der Waals surface area contributed by atoms with Crippen molar-refractivity contribution in [3.05, 3.63) is 35.8 Å². The minimum Gasteiger partial charge on any atom is -0.393 e. The first-order chi connectivity index (χ1) is 17.6. The quantitative estimate of drug-likeness (QED) is 0.512. The molecule has 0 radical (unpaired) electrons. The first-order valence-electron chi connectivity index (χ1n) is 14.9. The van der Waals surface area contributed by atoms with Crippen LogP contribution in [-0.2, 0) is 6.42 Å². The number of hydrogen-bond acceptors (Lipinski definition) is 5. The molecular weight excluding hydrogens is 460 g/mol. The fourth-order valence-corrected chi connectivity index (χ4v) is 10.1. The van der Waals surface area contributed by atoms with Crippen LogP contribution in [0.25, 0.3) is 10.9 Å². The summed E-state index contributed by atoms with van der Waals surface area (Å²) >= 11 is 0. The van der Waals surface area contributed by atoms with Gasteiger partial charge in [0.2, 0.25) is 0 Å². The van der Waals surface area contributed by atoms with Gasteiger partial charge in [-0.25, -0.2) is 9.97 Å². The predicted octanol–water partition coefficient (Wildman–Crippen LogP) is 5.47. The van der Waals surface area contributed by atoms with Crippen LogP contribution in [0.2, 0.25) is 0 Å². The van der Waals surface area contributed by atoms with E-state index in [9.17, 15) is 15.3 Å². The van der Waals surface area contributed by atoms with E-state index >= 15 is 0 Å². The van der Waals surface area contributed by atoms with Gasteiger partial charge < -0.3 is 15.3 Å². The molecule has 4 fully saturated rings. The average molecular weight is 507 g/mol. The van der Waals surface area contributed by atoms with Crippen LogP contribution in [-0.4, -0.2) is 43.6 Å². The first kappa shape index (κ1) is 25.7. The molecule has 3 N–H and O–H groups in total. The Morgan fingerprint density at radius 3 is 2.57 bits per heavy atom. The third kappa shape index (κ3) is 3.98. The molecule has 5 nitrogen and oxygen atoms in total. The molecule has 0 unspecified atom stereocenters. The average Bonchev–Trinajstić information content (AvgIpc) is 3.23. The van der Waals surface area contributed by atoms with Gasteiger partial charge in [-0.15, -0.1) is 0 Å². The molecule has 5 heteroatoms. The van der Waals surface area contributed by atoms with Crippen LogP contribution in [0.1, 0.15) is 83.7 Å². The highest BCUT2D eigenvalue weighted by Gasteiger charge is 2.65. The Kier molecular flexibility index (Phi) is 6.44. The molecule has 0 amide bonds. The molecule has 6 rings (SSSR count). The molecule has 4 aliphatic rings. The van der Waals surface area contributed by atoms with E-state index in [2.05, 4.69) is 39.8 Å². The zero-order valence-corrected chi connectivity index (χ0v) is 23.1. The summed E-state index contributed by atoms with van der Waals surface area (Å²) in [6, 6.07) is 8.24. The highest BCUT2D eigenvalue weighted by Crippen LogP contribution is 2.68. The molecule has 0 spiro atoms. The van der Waals surface area contributed by atoms with Crippen molar-refractivity contribution in [2.45, 2.75) is 104 Å². The fraction of sp³-hybridized carbons (Fsp3) is 0.750. The van der Waals surface area contributed by atoms with Gasteiger partial charge in [-0.05, 0) is 111 Å². The second-order valence-electron chi connectivity index (χ2n) is 13.8. The first-order valence-corrected chi connectivity index (χ1v) is 14.9. The van der Waals surface area contributed by atoms with Gasteiger partial charge >= 0.3 is 0 Å². The lowest BCUT2D eigenvalue weighted by atomic mass is 9.43. The molecule has 4 saturated carbocycles. The Morgan fingerprint density at radius 1 is 0.973 bits per heavy atom. The second-order valence-corrected chi connectivity index (χ2v) is 13.8. The molecule has 0 aliphatic heterocycles. The molecule has 37 heavy (non-hydrogen) atoms. The van der Waals surface area contributed by atoms with Gasteiger partial charge in [-0.3, -0.25) is 0 Å². The van der Waals surface area contributed by atoms with Gasteiger partial charge in [0.25, 0.3) is 0 Å². The van der Waals surface area contributed by atoms with Gasteiger partial charge in [-0.1, -0.05) is 39.0 Å². The summed E-state index contributed by atoms with van der Waals surface area (Å²) < 4.78 is 0. The summed E-state index contributed by atoms with van der Waals surface area (Å²) in [5.74, 6) is 3.19. The van der Waals surface area contributed by atoms with Crippen LogP contribution in [0, 0.1) is 53.3 Å². The molecule has 0 bridgehead atoms. The van der Waals surface area contributed by atoms with E-state index in [1.807, 2.05) is 12.1 Å². The zero-order valence-electron chi connectivity index (χ0n) is 23.1. The van der Waals surface area contributed by atoms with Gasteiger partial charge in [0.05, 0.1) is 23.8 Å². The molecule has 2 aromatic rings. The summed E-state index contributed by atoms with van der Waals surface area (Å²) in [6.07, 6.45) is 7.55. The third-order valence-corrected chi connectivity index (χ3v) is 12.2. The number of fused-ring (bicyclic) bond motifs is 6. The van der Waals surface area contributed by atoms with Crippen molar-refractivity contribution in [1.29, 1.82) is 0 Å². The van der Waals surface area contributed by atoms with Crippen molar-refractivity contribution in [2.75, 3.05) is 0 Å². The number of nitrogens with zero attached hydrogens (tertiary/aromatic N) is 2. The summed E-state index contributed by atoms with van der Waals surface area (Å²) in [7, 11) is 0. The van der Waals surface area contributed by atoms with Gasteiger partial charge in [0, 0.05) is 17.5 Å². The van der Waals surface area contributed by atoms with Crippen LogP contribution in [0.5, 0.6) is 0 Å². The maximum Gasteiger partial charge on any atom is 0.129 e. The Morgan fingerprint density at radius 2 is 1.76 bits per heavy atom. The SMILES string of the molecule is Cc1nc(CC[C@@H](C)[C@H]2CC[C@H]3[C@@H]4[C@H](O)C[C@@H]5C[C@H](O)CC[C@]5(C)[C@H]4C[C@H](O)[C@]23C)nc2ccccc12. The number of aromatic nitrogens is 2. The van der Waals surface area contributed by atoms with E-state index in [1.165, 1.54) is 0 Å². The maximum absolute atomic E-state index is 11.8. The van der Waals surface area contributed by atoms with Crippen molar-refractivity contribution < 1.29 is 15.3 Å². The zero-order chi connectivity index (χ0) is 26.1. The number of hydrogen-bond donors (Lipinski definition) is 3. The van der Waals surface area contributed by atoms with E-state index in [1.54, 1.807) is 0 Å². The van der Waals surface area contributed by atoms with Crippen molar-refractivity contribution in [3.63, 3.8) is 0 Å². The number of benzene rings is 1. The molecule has 1 aromatic heterocycles. The lowest BCUT2D eigenvalue weighted by Gasteiger charge is -2.63. The maximum atomic E-state index is 11.8. The second kappa shape index (κ2) is 9.27. The van der Waals surface area contributed by atoms with Crippen molar-refractivity contribution >= 4 is 10.9 Å². The van der Waals surface area contributed by atoms with E-state index in [0.717, 1.165) is 80.2 Å². The van der Waals surface area contributed by atoms with E-state index < -0.39 is 0 Å². The van der Waals surface area contributed by atoms with E-state index in [0.29, 0.717) is 29.6 Å². The van der Waals surface area contributed by atoms with E-state index in [4.69, 9.17) is 9.97 Å². The highest BCUT2D eigenvalue weighted by molar-refractivity contribution is 5.80. The normalized spacial score (nSPS) is 44.2. The van der Waals surface area contributed by atoms with Crippen LogP contribution >= 0.6 is 0 Å². The van der Waals surface area contributed by atoms with Gasteiger partial charge in [0.15, 0.2) is 0 Å². The van der Waals surface area contributed by atoms with Crippen LogP contribution in [0.3, 0.4) is 0 Å². The monoisotopic (exact) mass is 506 g/mol. The Labute approximate surface area is 222 Å². The van der Waals surface area contributed by atoms with Crippen LogP contribution in [0.15, 0.2) is 24.3 Å². The lowest BCUT2D eigenvalue weighted by molar-refractivity contribution is -0.207. The number of rotatable bonds is 4. The summed E-state index contributed by atoms with van der Waals surface area (Å²) in [4.78, 5) is 9.67. The van der Waals surface area contributed by atoms with Crippen molar-refractivity contribution in [2.24, 2.45) is 46.3 Å². The number of para-hydroxylation sites is 1. The number of aryl methyl sites for hydroxylation is 2. The molecular formula is C32H46N2O3. The Balaban J connectivity index is 1.21.